The van der Waals surface area contributed by atoms with Gasteiger partial charge in [-0.3, -0.25) is 4.90 Å². The van der Waals surface area contributed by atoms with E-state index in [0.29, 0.717) is 57.1 Å². The van der Waals surface area contributed by atoms with Gasteiger partial charge in [-0.15, -0.1) is 0 Å². The van der Waals surface area contributed by atoms with Gasteiger partial charge >= 0.3 is 6.18 Å². The molecule has 0 bridgehead atoms. The summed E-state index contributed by atoms with van der Waals surface area (Å²) in [6.07, 6.45) is -0.635. The fourth-order valence-electron chi connectivity index (χ4n) is 6.00. The number of alkyl halides is 3. The highest BCUT2D eigenvalue weighted by Gasteiger charge is 2.39. The molecule has 0 amide bonds. The molecular formula is C33H34Cl5F3N10. The van der Waals surface area contributed by atoms with Gasteiger partial charge in [-0.2, -0.15) is 23.1 Å². The van der Waals surface area contributed by atoms with Crippen molar-refractivity contribution < 1.29 is 13.2 Å². The van der Waals surface area contributed by atoms with Crippen LogP contribution in [0.5, 0.6) is 0 Å². The minimum absolute atomic E-state index is 0.00264. The molecule has 4 aromatic rings. The van der Waals surface area contributed by atoms with Crippen molar-refractivity contribution >= 4 is 81.5 Å². The fraction of sp³-hybridized carbons (Fsp3) is 0.394. The number of rotatable bonds is 5. The Balaban J connectivity index is 0.000000179. The lowest BCUT2D eigenvalue weighted by atomic mass is 10.0. The predicted octanol–water partition coefficient (Wildman–Crippen LogP) is 7.77. The maximum Gasteiger partial charge on any atom is 0.434 e. The number of nitrogen functional groups attached to an aromatic ring is 2. The summed E-state index contributed by atoms with van der Waals surface area (Å²) in [6, 6.07) is 8.06. The topological polar surface area (TPSA) is 117 Å². The van der Waals surface area contributed by atoms with Crippen LogP contribution in [0.15, 0.2) is 36.5 Å². The summed E-state index contributed by atoms with van der Waals surface area (Å²) >= 11 is 30.2. The molecule has 2 aliphatic heterocycles. The molecule has 1 saturated carbocycles. The first kappa shape index (κ1) is 37.7. The summed E-state index contributed by atoms with van der Waals surface area (Å²) in [5.74, 6) is 0.752. The van der Waals surface area contributed by atoms with Crippen LogP contribution in [-0.2, 0) is 6.18 Å². The summed E-state index contributed by atoms with van der Waals surface area (Å²) < 4.78 is 41.4. The maximum absolute atomic E-state index is 13.8. The number of nitrogens with two attached hydrogens (primary N) is 2. The number of nitrogens with zero attached hydrogens (tertiary/aromatic N) is 8. The van der Waals surface area contributed by atoms with Gasteiger partial charge < -0.3 is 26.2 Å². The Hall–Kier alpha value is -3.04. The Morgan fingerprint density at radius 3 is 1.82 bits per heavy atom. The van der Waals surface area contributed by atoms with Crippen molar-refractivity contribution in [2.75, 3.05) is 80.7 Å². The van der Waals surface area contributed by atoms with Gasteiger partial charge in [0.25, 0.3) is 0 Å². The number of aromatic nitrogens is 4. The van der Waals surface area contributed by atoms with E-state index in [1.54, 1.807) is 23.2 Å². The van der Waals surface area contributed by atoms with Gasteiger partial charge in [0.15, 0.2) is 5.69 Å². The molecule has 10 nitrogen and oxygen atoms in total. The van der Waals surface area contributed by atoms with Gasteiger partial charge in [-0.1, -0.05) is 58.0 Å². The molecule has 4 heterocycles. The molecule has 51 heavy (non-hydrogen) atoms. The average molecular weight is 805 g/mol. The van der Waals surface area contributed by atoms with Crippen LogP contribution in [0.25, 0.3) is 22.3 Å². The maximum atomic E-state index is 13.8. The number of hydrogen-bond donors (Lipinski definition) is 2. The molecule has 7 rings (SSSR count). The molecule has 0 atom stereocenters. The van der Waals surface area contributed by atoms with Gasteiger partial charge in [0.05, 0.1) is 20.6 Å². The van der Waals surface area contributed by atoms with E-state index < -0.39 is 11.9 Å². The molecule has 0 unspecified atom stereocenters. The van der Waals surface area contributed by atoms with Crippen molar-refractivity contribution in [3.05, 3.63) is 67.3 Å². The first-order valence-corrected chi connectivity index (χ1v) is 18.0. The van der Waals surface area contributed by atoms with E-state index in [2.05, 4.69) is 41.7 Å². The molecular weight excluding hydrogens is 771 g/mol. The van der Waals surface area contributed by atoms with Crippen LogP contribution < -0.4 is 21.3 Å². The molecule has 3 aliphatic rings. The van der Waals surface area contributed by atoms with Crippen molar-refractivity contribution in [2.24, 2.45) is 0 Å². The Labute approximate surface area is 318 Å². The van der Waals surface area contributed by atoms with E-state index in [0.717, 1.165) is 39.3 Å². The number of piperazine rings is 2. The largest absolute Gasteiger partial charge is 0.434 e. The van der Waals surface area contributed by atoms with Crippen LogP contribution in [-0.4, -0.2) is 95.2 Å². The van der Waals surface area contributed by atoms with Crippen LogP contribution in [0, 0.1) is 0 Å². The van der Waals surface area contributed by atoms with Gasteiger partial charge in [-0.05, 0) is 55.8 Å². The molecule has 18 heteroatoms. The molecule has 2 aromatic heterocycles. The SMILES string of the molecule is CN1CCN(c2ncc(-c3cc(Cl)c(Cl)cc3Cl)c(N)n2)CC1.Nc1nc(N2CCN(C3CC3)CC2)nc(C(F)(F)F)c1-c1cc(Cl)cc(Cl)c1. The minimum atomic E-state index is -4.70. The smallest absolute Gasteiger partial charge is 0.383 e. The minimum Gasteiger partial charge on any atom is -0.383 e. The summed E-state index contributed by atoms with van der Waals surface area (Å²) in [5.41, 5.74) is 12.1. The normalized spacial score (nSPS) is 17.4. The predicted molar refractivity (Wildman–Crippen MR) is 200 cm³/mol. The van der Waals surface area contributed by atoms with E-state index in [1.807, 2.05) is 0 Å². The van der Waals surface area contributed by atoms with Crippen molar-refractivity contribution in [1.29, 1.82) is 0 Å². The Morgan fingerprint density at radius 1 is 0.667 bits per heavy atom. The molecule has 272 valence electrons. The van der Waals surface area contributed by atoms with Crippen LogP contribution >= 0.6 is 58.0 Å². The van der Waals surface area contributed by atoms with Gasteiger partial charge in [-0.25, -0.2) is 9.97 Å². The number of benzene rings is 2. The third kappa shape index (κ3) is 8.95. The standard InChI is InChI=1S/C18H18Cl2F3N5.C15H16Cl3N5/c19-11-7-10(8-12(20)9-11)14-15(18(21,22)23)25-17(26-16(14)24)28-5-3-27(4-6-28)13-1-2-13;1-22-2-4-23(5-3-22)15-20-8-10(14(19)21-15)9-6-12(17)13(18)7-11(9)16/h7-9,13H,1-6H2,(H2,24,25,26);6-8H,2-5H2,1H3,(H2,19,20,21). The van der Waals surface area contributed by atoms with E-state index in [1.165, 1.54) is 31.0 Å². The number of hydrogen-bond acceptors (Lipinski definition) is 10. The lowest BCUT2D eigenvalue weighted by molar-refractivity contribution is -0.140. The quantitative estimate of drug-likeness (QED) is 0.194. The van der Waals surface area contributed by atoms with E-state index in [-0.39, 0.29) is 32.9 Å². The molecule has 0 spiro atoms. The molecule has 2 aromatic carbocycles. The second-order valence-electron chi connectivity index (χ2n) is 12.5. The fourth-order valence-corrected chi connectivity index (χ4v) is 7.18. The van der Waals surface area contributed by atoms with Gasteiger partial charge in [0.1, 0.15) is 11.6 Å². The number of anilines is 4. The highest BCUT2D eigenvalue weighted by molar-refractivity contribution is 6.44. The van der Waals surface area contributed by atoms with Crippen molar-refractivity contribution in [1.82, 2.24) is 29.7 Å². The average Bonchev–Trinajstić information content (AvgIpc) is 3.92. The Kier molecular flexibility index (Phi) is 11.5. The molecule has 0 radical (unpaired) electrons. The highest BCUT2D eigenvalue weighted by atomic mass is 35.5. The van der Waals surface area contributed by atoms with Crippen LogP contribution in [0.1, 0.15) is 18.5 Å². The first-order chi connectivity index (χ1) is 24.2. The Morgan fingerprint density at radius 2 is 1.24 bits per heavy atom. The first-order valence-electron chi connectivity index (χ1n) is 16.1. The van der Waals surface area contributed by atoms with Gasteiger partial charge in [0.2, 0.25) is 11.9 Å². The van der Waals surface area contributed by atoms with Crippen LogP contribution in [0.3, 0.4) is 0 Å². The number of likely N-dealkylation sites (N-methyl/N-ethyl adjacent to an activating group) is 1. The monoisotopic (exact) mass is 802 g/mol. The third-order valence-corrected chi connectivity index (χ3v) is 10.4. The zero-order chi connectivity index (χ0) is 36.6. The highest BCUT2D eigenvalue weighted by Crippen LogP contribution is 2.41. The summed E-state index contributed by atoms with van der Waals surface area (Å²) in [5, 5.41) is 1.68. The van der Waals surface area contributed by atoms with Crippen molar-refractivity contribution in [3.63, 3.8) is 0 Å². The third-order valence-electron chi connectivity index (χ3n) is 8.90. The molecule has 1 aliphatic carbocycles. The zero-order valence-electron chi connectivity index (χ0n) is 27.4. The van der Waals surface area contributed by atoms with Crippen LogP contribution in [0.4, 0.5) is 36.7 Å². The second-order valence-corrected chi connectivity index (χ2v) is 14.6. The Bertz CT molecular complexity index is 1880. The van der Waals surface area contributed by atoms with Gasteiger partial charge in [0, 0.05) is 85.8 Å². The zero-order valence-corrected chi connectivity index (χ0v) is 31.1. The lowest BCUT2D eigenvalue weighted by Gasteiger charge is -2.35. The van der Waals surface area contributed by atoms with Crippen molar-refractivity contribution in [2.45, 2.75) is 25.1 Å². The van der Waals surface area contributed by atoms with E-state index in [4.69, 9.17) is 69.5 Å². The van der Waals surface area contributed by atoms with Crippen LogP contribution in [0.2, 0.25) is 25.1 Å². The molecule has 3 fully saturated rings. The molecule has 4 N–H and O–H groups in total. The van der Waals surface area contributed by atoms with Crippen molar-refractivity contribution in [3.8, 4) is 22.3 Å². The van der Waals surface area contributed by atoms with E-state index >= 15 is 0 Å². The second kappa shape index (κ2) is 15.5. The summed E-state index contributed by atoms with van der Waals surface area (Å²) in [7, 11) is 2.10. The molecule has 2 saturated heterocycles. The summed E-state index contributed by atoms with van der Waals surface area (Å²) in [4.78, 5) is 25.4. The number of halogens is 8. The summed E-state index contributed by atoms with van der Waals surface area (Å²) in [6.45, 7) is 6.39. The van der Waals surface area contributed by atoms with E-state index in [9.17, 15) is 13.2 Å². The lowest BCUT2D eigenvalue weighted by Crippen LogP contribution is -2.48.